The van der Waals surface area contributed by atoms with Crippen molar-refractivity contribution in [3.63, 3.8) is 0 Å². The molecule has 3 heterocycles. The van der Waals surface area contributed by atoms with Crippen LogP contribution in [0.1, 0.15) is 65.9 Å². The largest absolute Gasteiger partial charge is 0.481 e. The van der Waals surface area contributed by atoms with Gasteiger partial charge >= 0.3 is 5.97 Å². The molecule has 1 unspecified atom stereocenters. The zero-order chi connectivity index (χ0) is 32.1. The van der Waals surface area contributed by atoms with Crippen molar-refractivity contribution in [3.05, 3.63) is 77.6 Å². The molecule has 0 bridgehead atoms. The molecule has 1 saturated heterocycles. The Labute approximate surface area is 261 Å². The van der Waals surface area contributed by atoms with Crippen molar-refractivity contribution in [2.45, 2.75) is 39.7 Å². The van der Waals surface area contributed by atoms with E-state index in [0.29, 0.717) is 54.5 Å². The van der Waals surface area contributed by atoms with Gasteiger partial charge in [-0.3, -0.25) is 24.2 Å². The summed E-state index contributed by atoms with van der Waals surface area (Å²) < 4.78 is 10.8. The number of piperazine rings is 1. The molecule has 1 fully saturated rings. The Morgan fingerprint density at radius 2 is 1.69 bits per heavy atom. The van der Waals surface area contributed by atoms with Gasteiger partial charge in [-0.2, -0.15) is 0 Å². The predicted molar refractivity (Wildman–Crippen MR) is 167 cm³/mol. The zero-order valence-electron chi connectivity index (χ0n) is 25.5. The molecule has 236 valence electrons. The van der Waals surface area contributed by atoms with E-state index < -0.39 is 17.9 Å². The first-order valence-corrected chi connectivity index (χ1v) is 14.8. The number of aliphatic carboxylic acids is 1. The number of pyridine rings is 1. The summed E-state index contributed by atoms with van der Waals surface area (Å²) in [6, 6.07) is 12.8. The van der Waals surface area contributed by atoms with Gasteiger partial charge in [-0.05, 0) is 53.4 Å². The SMILES string of the molecule is CC(C)(C)CC(=O)Nc1cc(C(=O)NC(CC(=O)O)c2cccnc2)ccc1N1CCN(C(=O)c2ccc3c(c2)OCO3)CC1. The Hall–Kier alpha value is -5.13. The third kappa shape index (κ3) is 7.88. The molecule has 3 aromatic rings. The van der Waals surface area contributed by atoms with Crippen LogP contribution in [0.5, 0.6) is 11.5 Å². The molecular weight excluding hydrogens is 578 g/mol. The van der Waals surface area contributed by atoms with Gasteiger partial charge in [0.25, 0.3) is 11.8 Å². The van der Waals surface area contributed by atoms with E-state index in [1.807, 2.05) is 20.8 Å². The van der Waals surface area contributed by atoms with Crippen LogP contribution in [-0.4, -0.2) is 71.7 Å². The molecule has 0 saturated carbocycles. The van der Waals surface area contributed by atoms with Crippen molar-refractivity contribution in [2.75, 3.05) is 43.2 Å². The molecule has 3 amide bonds. The number of hydrogen-bond acceptors (Lipinski definition) is 8. The van der Waals surface area contributed by atoms with Gasteiger partial charge < -0.3 is 35.0 Å². The van der Waals surface area contributed by atoms with Gasteiger partial charge in [0.2, 0.25) is 12.7 Å². The second kappa shape index (κ2) is 13.2. The maximum Gasteiger partial charge on any atom is 0.305 e. The van der Waals surface area contributed by atoms with Crippen LogP contribution >= 0.6 is 0 Å². The van der Waals surface area contributed by atoms with Crippen LogP contribution in [0.3, 0.4) is 0 Å². The monoisotopic (exact) mass is 615 g/mol. The number of aromatic nitrogens is 1. The smallest absolute Gasteiger partial charge is 0.305 e. The van der Waals surface area contributed by atoms with Crippen molar-refractivity contribution >= 4 is 35.1 Å². The summed E-state index contributed by atoms with van der Waals surface area (Å²) in [6.45, 7) is 7.95. The average molecular weight is 616 g/mol. The second-order valence-electron chi connectivity index (χ2n) is 12.3. The van der Waals surface area contributed by atoms with Crippen LogP contribution in [0.25, 0.3) is 0 Å². The molecule has 5 rings (SSSR count). The fourth-order valence-corrected chi connectivity index (χ4v) is 5.34. The molecule has 2 aromatic carbocycles. The Bertz CT molecular complexity index is 1580. The van der Waals surface area contributed by atoms with E-state index in [4.69, 9.17) is 9.47 Å². The minimum Gasteiger partial charge on any atom is -0.481 e. The van der Waals surface area contributed by atoms with Gasteiger partial charge in [-0.25, -0.2) is 0 Å². The fraction of sp³-hybridized carbons (Fsp3) is 0.364. The number of anilines is 2. The first-order chi connectivity index (χ1) is 21.5. The molecule has 2 aliphatic heterocycles. The summed E-state index contributed by atoms with van der Waals surface area (Å²) in [7, 11) is 0. The highest BCUT2D eigenvalue weighted by Crippen LogP contribution is 2.34. The molecule has 2 aliphatic rings. The van der Waals surface area contributed by atoms with Gasteiger partial charge in [0, 0.05) is 56.1 Å². The Morgan fingerprint density at radius 1 is 0.956 bits per heavy atom. The summed E-state index contributed by atoms with van der Waals surface area (Å²) in [4.78, 5) is 59.1. The maximum atomic E-state index is 13.4. The third-order valence-electron chi connectivity index (χ3n) is 7.52. The number of rotatable bonds is 9. The van der Waals surface area contributed by atoms with E-state index in [-0.39, 0.29) is 42.4 Å². The van der Waals surface area contributed by atoms with Gasteiger partial charge in [0.1, 0.15) is 0 Å². The van der Waals surface area contributed by atoms with Crippen molar-refractivity contribution in [2.24, 2.45) is 5.41 Å². The highest BCUT2D eigenvalue weighted by Gasteiger charge is 2.27. The molecule has 1 atom stereocenters. The predicted octanol–water partition coefficient (Wildman–Crippen LogP) is 4.09. The van der Waals surface area contributed by atoms with Crippen molar-refractivity contribution in [1.29, 1.82) is 0 Å². The Balaban J connectivity index is 1.33. The Morgan fingerprint density at radius 3 is 2.38 bits per heavy atom. The number of carbonyl (C=O) groups is 4. The lowest BCUT2D eigenvalue weighted by molar-refractivity contribution is -0.137. The van der Waals surface area contributed by atoms with E-state index >= 15 is 0 Å². The molecule has 0 spiro atoms. The fourth-order valence-electron chi connectivity index (χ4n) is 5.34. The van der Waals surface area contributed by atoms with Crippen LogP contribution in [0.4, 0.5) is 11.4 Å². The third-order valence-corrected chi connectivity index (χ3v) is 7.52. The van der Waals surface area contributed by atoms with Crippen molar-refractivity contribution in [3.8, 4) is 11.5 Å². The number of amides is 3. The number of carboxylic acids is 1. The molecule has 0 aliphatic carbocycles. The quantitative estimate of drug-likeness (QED) is 0.323. The number of nitrogens with one attached hydrogen (secondary N) is 2. The van der Waals surface area contributed by atoms with Crippen molar-refractivity contribution < 1.29 is 33.8 Å². The van der Waals surface area contributed by atoms with E-state index in [1.165, 1.54) is 6.20 Å². The number of hydrogen-bond donors (Lipinski definition) is 3. The first kappa shape index (κ1) is 31.3. The minimum absolute atomic E-state index is 0.108. The van der Waals surface area contributed by atoms with E-state index in [0.717, 1.165) is 5.69 Å². The van der Waals surface area contributed by atoms with Gasteiger partial charge in [0.15, 0.2) is 11.5 Å². The number of carbonyl (C=O) groups excluding carboxylic acids is 3. The maximum absolute atomic E-state index is 13.4. The number of fused-ring (bicyclic) bond motifs is 1. The molecule has 45 heavy (non-hydrogen) atoms. The van der Waals surface area contributed by atoms with Gasteiger partial charge in [0.05, 0.1) is 23.8 Å². The average Bonchev–Trinajstić information content (AvgIpc) is 3.48. The number of benzene rings is 2. The lowest BCUT2D eigenvalue weighted by Crippen LogP contribution is -2.49. The topological polar surface area (TPSA) is 150 Å². The van der Waals surface area contributed by atoms with E-state index in [1.54, 1.807) is 59.6 Å². The molecule has 12 heteroatoms. The summed E-state index contributed by atoms with van der Waals surface area (Å²) in [6.07, 6.45) is 3.04. The lowest BCUT2D eigenvalue weighted by Gasteiger charge is -2.37. The summed E-state index contributed by atoms with van der Waals surface area (Å²) in [5.74, 6) is -0.689. The zero-order valence-corrected chi connectivity index (χ0v) is 25.5. The number of ether oxygens (including phenoxy) is 2. The highest BCUT2D eigenvalue weighted by atomic mass is 16.7. The molecule has 0 radical (unpaired) electrons. The van der Waals surface area contributed by atoms with Gasteiger partial charge in [-0.15, -0.1) is 0 Å². The Kier molecular flexibility index (Phi) is 9.21. The van der Waals surface area contributed by atoms with Crippen LogP contribution in [0.2, 0.25) is 0 Å². The number of nitrogens with zero attached hydrogens (tertiary/aromatic N) is 3. The lowest BCUT2D eigenvalue weighted by atomic mass is 9.92. The van der Waals surface area contributed by atoms with Crippen LogP contribution in [-0.2, 0) is 9.59 Å². The summed E-state index contributed by atoms with van der Waals surface area (Å²) in [5, 5.41) is 15.2. The minimum atomic E-state index is -1.06. The molecule has 12 nitrogen and oxygen atoms in total. The highest BCUT2D eigenvalue weighted by molar-refractivity contribution is 6.00. The second-order valence-corrected chi connectivity index (χ2v) is 12.3. The first-order valence-electron chi connectivity index (χ1n) is 14.8. The van der Waals surface area contributed by atoms with Crippen LogP contribution < -0.4 is 25.0 Å². The van der Waals surface area contributed by atoms with E-state index in [2.05, 4.69) is 20.5 Å². The summed E-state index contributed by atoms with van der Waals surface area (Å²) in [5.41, 5.74) is 2.28. The molecule has 3 N–H and O–H groups in total. The summed E-state index contributed by atoms with van der Waals surface area (Å²) >= 11 is 0. The van der Waals surface area contributed by atoms with E-state index in [9.17, 15) is 24.3 Å². The van der Waals surface area contributed by atoms with Crippen LogP contribution in [0.15, 0.2) is 60.9 Å². The normalized spacial score (nSPS) is 14.9. The van der Waals surface area contributed by atoms with Crippen molar-refractivity contribution in [1.82, 2.24) is 15.2 Å². The van der Waals surface area contributed by atoms with Gasteiger partial charge in [-0.1, -0.05) is 26.8 Å². The standard InChI is InChI=1S/C33H37N5O7/c1-33(2,3)18-29(39)35-25-15-21(31(42)36-24(17-30(40)41)23-5-4-10-34-19-23)6-8-26(25)37-11-13-38(14-12-37)32(43)22-7-9-27-28(16-22)45-20-44-27/h4-10,15-16,19,24H,11-14,17-18,20H2,1-3H3,(H,35,39)(H,36,42)(H,40,41). The molecule has 1 aromatic heterocycles. The molecular formula is C33H37N5O7. The van der Waals surface area contributed by atoms with Crippen LogP contribution in [0, 0.1) is 5.41 Å². The number of carboxylic acid groups (broad SMARTS) is 1.